The summed E-state index contributed by atoms with van der Waals surface area (Å²) in [5, 5.41) is 12.4. The topological polar surface area (TPSA) is 39.1 Å². The first-order chi connectivity index (χ1) is 9.76. The summed E-state index contributed by atoms with van der Waals surface area (Å²) >= 11 is 0. The quantitative estimate of drug-likeness (QED) is 0.750. The van der Waals surface area contributed by atoms with Crippen LogP contribution in [0.4, 0.5) is 0 Å². The third-order valence-corrected chi connectivity index (χ3v) is 3.87. The Morgan fingerprint density at radius 1 is 1.15 bits per heavy atom. The number of nitriles is 1. The second-order valence-electron chi connectivity index (χ2n) is 5.02. The molecule has 2 atom stereocenters. The SMILES string of the molecule is CCC(CC#N)NCC(c1ccccc1)N(CC)CC. The highest BCUT2D eigenvalue weighted by molar-refractivity contribution is 5.19. The predicted molar refractivity (Wildman–Crippen MR) is 84.4 cm³/mol. The largest absolute Gasteiger partial charge is 0.311 e. The number of nitrogens with one attached hydrogen (secondary N) is 1. The third kappa shape index (κ3) is 4.96. The van der Waals surface area contributed by atoms with Gasteiger partial charge in [-0.1, -0.05) is 51.1 Å². The van der Waals surface area contributed by atoms with Crippen molar-refractivity contribution in [1.29, 1.82) is 5.26 Å². The van der Waals surface area contributed by atoms with Gasteiger partial charge in [-0.05, 0) is 25.1 Å². The van der Waals surface area contributed by atoms with E-state index in [1.54, 1.807) is 0 Å². The van der Waals surface area contributed by atoms with Crippen molar-refractivity contribution in [2.75, 3.05) is 19.6 Å². The molecule has 0 saturated heterocycles. The van der Waals surface area contributed by atoms with Crippen molar-refractivity contribution in [2.24, 2.45) is 0 Å². The molecule has 0 aliphatic heterocycles. The van der Waals surface area contributed by atoms with E-state index in [-0.39, 0.29) is 0 Å². The lowest BCUT2D eigenvalue weighted by molar-refractivity contribution is 0.208. The van der Waals surface area contributed by atoms with Crippen LogP contribution in [0, 0.1) is 11.3 Å². The average Bonchev–Trinajstić information content (AvgIpc) is 2.51. The summed E-state index contributed by atoms with van der Waals surface area (Å²) in [7, 11) is 0. The van der Waals surface area contributed by atoms with Crippen molar-refractivity contribution in [1.82, 2.24) is 10.2 Å². The minimum absolute atomic E-state index is 0.293. The lowest BCUT2D eigenvalue weighted by atomic mass is 10.0. The zero-order valence-corrected chi connectivity index (χ0v) is 13.0. The first-order valence-electron chi connectivity index (χ1n) is 7.66. The summed E-state index contributed by atoms with van der Waals surface area (Å²) < 4.78 is 0. The molecule has 0 bridgehead atoms. The van der Waals surface area contributed by atoms with Gasteiger partial charge in [-0.15, -0.1) is 0 Å². The number of benzene rings is 1. The van der Waals surface area contributed by atoms with Crippen LogP contribution < -0.4 is 5.32 Å². The molecule has 2 unspecified atom stereocenters. The van der Waals surface area contributed by atoms with E-state index in [4.69, 9.17) is 5.26 Å². The molecule has 1 aromatic carbocycles. The molecule has 0 aliphatic carbocycles. The van der Waals surface area contributed by atoms with E-state index in [0.717, 1.165) is 26.1 Å². The summed E-state index contributed by atoms with van der Waals surface area (Å²) in [5.41, 5.74) is 1.34. The Hall–Kier alpha value is -1.37. The fraction of sp³-hybridized carbons (Fsp3) is 0.588. The van der Waals surface area contributed by atoms with Gasteiger partial charge in [0.2, 0.25) is 0 Å². The molecule has 20 heavy (non-hydrogen) atoms. The van der Waals surface area contributed by atoms with E-state index in [1.165, 1.54) is 5.56 Å². The average molecular weight is 273 g/mol. The van der Waals surface area contributed by atoms with Crippen molar-refractivity contribution in [3.8, 4) is 6.07 Å². The normalized spacial score (nSPS) is 13.9. The van der Waals surface area contributed by atoms with Crippen LogP contribution in [0.5, 0.6) is 0 Å². The summed E-state index contributed by atoms with van der Waals surface area (Å²) in [6.07, 6.45) is 1.57. The molecule has 1 aromatic rings. The maximum atomic E-state index is 8.85. The van der Waals surface area contributed by atoms with Crippen molar-refractivity contribution in [3.05, 3.63) is 35.9 Å². The van der Waals surface area contributed by atoms with Crippen LogP contribution in [0.15, 0.2) is 30.3 Å². The predicted octanol–water partition coefficient (Wildman–Crippen LogP) is 3.35. The summed E-state index contributed by atoms with van der Waals surface area (Å²) in [6, 6.07) is 13.6. The van der Waals surface area contributed by atoms with Crippen LogP contribution in [0.1, 0.15) is 45.2 Å². The molecule has 3 nitrogen and oxygen atoms in total. The molecule has 0 heterocycles. The van der Waals surface area contributed by atoms with Gasteiger partial charge in [0.1, 0.15) is 0 Å². The Morgan fingerprint density at radius 2 is 1.80 bits per heavy atom. The van der Waals surface area contributed by atoms with Gasteiger partial charge in [0.05, 0.1) is 12.5 Å². The molecule has 0 radical (unpaired) electrons. The smallest absolute Gasteiger partial charge is 0.0638 e. The monoisotopic (exact) mass is 273 g/mol. The molecule has 0 aromatic heterocycles. The van der Waals surface area contributed by atoms with Gasteiger partial charge in [0.25, 0.3) is 0 Å². The Kier molecular flexibility index (Phi) is 7.94. The van der Waals surface area contributed by atoms with E-state index < -0.39 is 0 Å². The molecule has 0 saturated carbocycles. The second kappa shape index (κ2) is 9.52. The number of nitrogens with zero attached hydrogens (tertiary/aromatic N) is 2. The standard InChI is InChI=1S/C17H27N3/c1-4-16(12-13-18)19-14-17(20(5-2)6-3)15-10-8-7-9-11-15/h7-11,16-17,19H,4-6,12,14H2,1-3H3. The Morgan fingerprint density at radius 3 is 2.30 bits per heavy atom. The van der Waals surface area contributed by atoms with Crippen molar-refractivity contribution < 1.29 is 0 Å². The lowest BCUT2D eigenvalue weighted by Crippen LogP contribution is -2.39. The molecule has 0 amide bonds. The Labute approximate surface area is 123 Å². The molecular formula is C17H27N3. The summed E-state index contributed by atoms with van der Waals surface area (Å²) in [5.74, 6) is 0. The first kappa shape index (κ1) is 16.7. The highest BCUT2D eigenvalue weighted by Crippen LogP contribution is 2.19. The van der Waals surface area contributed by atoms with Crippen LogP contribution in [0.2, 0.25) is 0 Å². The van der Waals surface area contributed by atoms with Gasteiger partial charge in [-0.3, -0.25) is 4.90 Å². The van der Waals surface area contributed by atoms with E-state index in [2.05, 4.69) is 67.4 Å². The van der Waals surface area contributed by atoms with Crippen LogP contribution in [-0.2, 0) is 0 Å². The van der Waals surface area contributed by atoms with Crippen molar-refractivity contribution in [2.45, 2.75) is 45.7 Å². The zero-order valence-electron chi connectivity index (χ0n) is 13.0. The Balaban J connectivity index is 2.76. The molecule has 0 spiro atoms. The van der Waals surface area contributed by atoms with Gasteiger partial charge in [0, 0.05) is 18.6 Å². The van der Waals surface area contributed by atoms with E-state index in [9.17, 15) is 0 Å². The van der Waals surface area contributed by atoms with Crippen LogP contribution in [0.25, 0.3) is 0 Å². The summed E-state index contributed by atoms with van der Waals surface area (Å²) in [6.45, 7) is 9.49. The zero-order chi connectivity index (χ0) is 14.8. The Bertz CT molecular complexity index is 392. The number of likely N-dealkylation sites (N-methyl/N-ethyl adjacent to an activating group) is 1. The fourth-order valence-electron chi connectivity index (χ4n) is 2.55. The molecule has 0 fully saturated rings. The van der Waals surface area contributed by atoms with Gasteiger partial charge in [-0.25, -0.2) is 0 Å². The minimum atomic E-state index is 0.293. The number of hydrogen-bond donors (Lipinski definition) is 1. The molecule has 1 N–H and O–H groups in total. The van der Waals surface area contributed by atoms with Crippen molar-refractivity contribution in [3.63, 3.8) is 0 Å². The van der Waals surface area contributed by atoms with Crippen molar-refractivity contribution >= 4 is 0 Å². The number of hydrogen-bond acceptors (Lipinski definition) is 3. The van der Waals surface area contributed by atoms with E-state index >= 15 is 0 Å². The van der Waals surface area contributed by atoms with Gasteiger partial charge in [-0.2, -0.15) is 5.26 Å². The first-order valence-corrected chi connectivity index (χ1v) is 7.66. The lowest BCUT2D eigenvalue weighted by Gasteiger charge is -2.31. The molecule has 110 valence electrons. The fourth-order valence-corrected chi connectivity index (χ4v) is 2.55. The second-order valence-corrected chi connectivity index (χ2v) is 5.02. The van der Waals surface area contributed by atoms with Gasteiger partial charge >= 0.3 is 0 Å². The minimum Gasteiger partial charge on any atom is -0.311 e. The third-order valence-electron chi connectivity index (χ3n) is 3.87. The molecule has 0 aliphatic rings. The molecule has 1 rings (SSSR count). The van der Waals surface area contributed by atoms with Gasteiger partial charge in [0.15, 0.2) is 0 Å². The maximum absolute atomic E-state index is 8.85. The van der Waals surface area contributed by atoms with Crippen LogP contribution >= 0.6 is 0 Å². The van der Waals surface area contributed by atoms with Crippen LogP contribution in [0.3, 0.4) is 0 Å². The molecular weight excluding hydrogens is 246 g/mol. The molecule has 3 heteroatoms. The highest BCUT2D eigenvalue weighted by atomic mass is 15.2. The number of rotatable bonds is 9. The maximum Gasteiger partial charge on any atom is 0.0638 e. The van der Waals surface area contributed by atoms with E-state index in [1.807, 2.05) is 0 Å². The van der Waals surface area contributed by atoms with E-state index in [0.29, 0.717) is 18.5 Å². The van der Waals surface area contributed by atoms with Crippen LogP contribution in [-0.4, -0.2) is 30.6 Å². The summed E-state index contributed by atoms with van der Waals surface area (Å²) in [4.78, 5) is 2.46. The van der Waals surface area contributed by atoms with Gasteiger partial charge < -0.3 is 5.32 Å². The highest BCUT2D eigenvalue weighted by Gasteiger charge is 2.18.